The summed E-state index contributed by atoms with van der Waals surface area (Å²) in [5.74, 6) is 2.81. The van der Waals surface area contributed by atoms with Crippen molar-refractivity contribution in [2.24, 2.45) is 5.92 Å². The highest BCUT2D eigenvalue weighted by atomic mass is 16.5. The summed E-state index contributed by atoms with van der Waals surface area (Å²) < 4.78 is 10.2. The van der Waals surface area contributed by atoms with E-state index in [0.29, 0.717) is 30.8 Å². The fourth-order valence-corrected chi connectivity index (χ4v) is 2.67. The molecule has 3 rings (SSSR count). The van der Waals surface area contributed by atoms with E-state index in [1.165, 1.54) is 6.42 Å². The Balaban J connectivity index is 1.43. The topological polar surface area (TPSA) is 76.3 Å². The van der Waals surface area contributed by atoms with Crippen LogP contribution in [0.25, 0.3) is 0 Å². The van der Waals surface area contributed by atoms with Gasteiger partial charge in [-0.1, -0.05) is 11.2 Å². The van der Waals surface area contributed by atoms with E-state index in [1.807, 2.05) is 18.2 Å². The van der Waals surface area contributed by atoms with E-state index in [-0.39, 0.29) is 0 Å². The molecular weight excluding hydrogens is 282 g/mol. The van der Waals surface area contributed by atoms with Gasteiger partial charge in [-0.15, -0.1) is 0 Å². The first-order valence-electron chi connectivity index (χ1n) is 7.51. The second-order valence-electron chi connectivity index (χ2n) is 5.52. The average molecular weight is 303 g/mol. The fourth-order valence-electron chi connectivity index (χ4n) is 2.67. The third-order valence-electron chi connectivity index (χ3n) is 3.75. The number of nitrogens with zero attached hydrogens (tertiary/aromatic N) is 4. The van der Waals surface area contributed by atoms with Gasteiger partial charge < -0.3 is 14.6 Å². The van der Waals surface area contributed by atoms with Crippen molar-refractivity contribution < 1.29 is 9.26 Å². The standard InChI is InChI=1S/C15H21N5O2/c1-21-11-14-18-15(22-19-14)10-20-7-5-12(9-20)8-17-13-4-2-3-6-16-13/h2-4,6,12H,5,7-11H2,1H3,(H,16,17)/t12-/m1/s1. The molecule has 3 heterocycles. The van der Waals surface area contributed by atoms with Crippen molar-refractivity contribution in [2.45, 2.75) is 19.6 Å². The van der Waals surface area contributed by atoms with Crippen LogP contribution in [-0.4, -0.2) is 46.8 Å². The smallest absolute Gasteiger partial charge is 0.240 e. The minimum atomic E-state index is 0.389. The molecule has 0 amide bonds. The molecule has 0 aliphatic carbocycles. The molecule has 0 saturated carbocycles. The third kappa shape index (κ3) is 4.02. The summed E-state index contributed by atoms with van der Waals surface area (Å²) in [5, 5.41) is 7.27. The van der Waals surface area contributed by atoms with Crippen LogP contribution in [0.2, 0.25) is 0 Å². The minimum absolute atomic E-state index is 0.389. The second kappa shape index (κ2) is 7.33. The number of nitrogens with one attached hydrogen (secondary N) is 1. The van der Waals surface area contributed by atoms with E-state index in [2.05, 4.69) is 25.3 Å². The van der Waals surface area contributed by atoms with E-state index in [0.717, 1.165) is 25.5 Å². The molecule has 0 unspecified atom stereocenters. The van der Waals surface area contributed by atoms with E-state index in [4.69, 9.17) is 9.26 Å². The van der Waals surface area contributed by atoms with Crippen LogP contribution < -0.4 is 5.32 Å². The maximum Gasteiger partial charge on any atom is 0.240 e. The molecule has 1 aliphatic heterocycles. The monoisotopic (exact) mass is 303 g/mol. The zero-order valence-electron chi connectivity index (χ0n) is 12.7. The van der Waals surface area contributed by atoms with Gasteiger partial charge in [0.25, 0.3) is 0 Å². The van der Waals surface area contributed by atoms with Crippen LogP contribution in [0.15, 0.2) is 28.9 Å². The Bertz CT molecular complexity index is 574. The summed E-state index contributed by atoms with van der Waals surface area (Å²) in [6.07, 6.45) is 2.97. The molecule has 0 aromatic carbocycles. The minimum Gasteiger partial charge on any atom is -0.377 e. The predicted molar refractivity (Wildman–Crippen MR) is 81.1 cm³/mol. The molecule has 0 radical (unpaired) electrons. The van der Waals surface area contributed by atoms with Crippen LogP contribution in [0.3, 0.4) is 0 Å². The van der Waals surface area contributed by atoms with Gasteiger partial charge in [-0.05, 0) is 31.0 Å². The van der Waals surface area contributed by atoms with Gasteiger partial charge in [0, 0.05) is 26.4 Å². The number of rotatable bonds is 7. The van der Waals surface area contributed by atoms with Crippen LogP contribution in [0.4, 0.5) is 5.82 Å². The number of anilines is 1. The summed E-state index contributed by atoms with van der Waals surface area (Å²) >= 11 is 0. The first kappa shape index (κ1) is 14.9. The number of hydrogen-bond donors (Lipinski definition) is 1. The number of pyridine rings is 1. The van der Waals surface area contributed by atoms with Gasteiger partial charge in [0.1, 0.15) is 12.4 Å². The summed E-state index contributed by atoms with van der Waals surface area (Å²) in [6, 6.07) is 5.90. The fraction of sp³-hybridized carbons (Fsp3) is 0.533. The van der Waals surface area contributed by atoms with Crippen LogP contribution in [-0.2, 0) is 17.9 Å². The van der Waals surface area contributed by atoms with Gasteiger partial charge in [0.2, 0.25) is 5.89 Å². The van der Waals surface area contributed by atoms with E-state index >= 15 is 0 Å². The highest BCUT2D eigenvalue weighted by molar-refractivity contribution is 5.33. The van der Waals surface area contributed by atoms with E-state index in [9.17, 15) is 0 Å². The first-order chi connectivity index (χ1) is 10.8. The molecule has 118 valence electrons. The molecule has 7 nitrogen and oxygen atoms in total. The molecule has 22 heavy (non-hydrogen) atoms. The molecule has 0 spiro atoms. The average Bonchev–Trinajstić information content (AvgIpc) is 3.17. The Hall–Kier alpha value is -1.99. The van der Waals surface area contributed by atoms with Crippen molar-refractivity contribution in [3.63, 3.8) is 0 Å². The number of likely N-dealkylation sites (tertiary alicyclic amines) is 1. The Kier molecular flexibility index (Phi) is 4.97. The molecule has 2 aromatic rings. The predicted octanol–water partition coefficient (Wildman–Crippen LogP) is 1.54. The Morgan fingerprint density at radius 3 is 3.23 bits per heavy atom. The van der Waals surface area contributed by atoms with E-state index in [1.54, 1.807) is 13.3 Å². The molecule has 1 atom stereocenters. The molecule has 1 fully saturated rings. The van der Waals surface area contributed by atoms with Crippen LogP contribution in [0, 0.1) is 5.92 Å². The van der Waals surface area contributed by atoms with Gasteiger partial charge in [0.05, 0.1) is 6.54 Å². The van der Waals surface area contributed by atoms with Crippen molar-refractivity contribution >= 4 is 5.82 Å². The van der Waals surface area contributed by atoms with Crippen molar-refractivity contribution in [1.82, 2.24) is 20.0 Å². The Morgan fingerprint density at radius 1 is 1.45 bits per heavy atom. The van der Waals surface area contributed by atoms with E-state index < -0.39 is 0 Å². The maximum absolute atomic E-state index is 5.24. The second-order valence-corrected chi connectivity index (χ2v) is 5.52. The number of hydrogen-bond acceptors (Lipinski definition) is 7. The number of aromatic nitrogens is 3. The maximum atomic E-state index is 5.24. The lowest BCUT2D eigenvalue weighted by atomic mass is 10.1. The molecule has 2 aromatic heterocycles. The molecule has 7 heteroatoms. The third-order valence-corrected chi connectivity index (χ3v) is 3.75. The van der Waals surface area contributed by atoms with Gasteiger partial charge >= 0.3 is 0 Å². The van der Waals surface area contributed by atoms with Crippen molar-refractivity contribution in [3.05, 3.63) is 36.1 Å². The molecular formula is C15H21N5O2. The Morgan fingerprint density at radius 2 is 2.41 bits per heavy atom. The van der Waals surface area contributed by atoms with Gasteiger partial charge in [-0.3, -0.25) is 4.90 Å². The van der Waals surface area contributed by atoms with Crippen LogP contribution >= 0.6 is 0 Å². The van der Waals surface area contributed by atoms with Gasteiger partial charge in [-0.2, -0.15) is 4.98 Å². The lowest BCUT2D eigenvalue weighted by Crippen LogP contribution is -2.23. The highest BCUT2D eigenvalue weighted by Crippen LogP contribution is 2.18. The molecule has 1 aliphatic rings. The first-order valence-corrected chi connectivity index (χ1v) is 7.51. The lowest BCUT2D eigenvalue weighted by molar-refractivity contribution is 0.174. The van der Waals surface area contributed by atoms with Crippen molar-refractivity contribution in [1.29, 1.82) is 0 Å². The summed E-state index contributed by atoms with van der Waals surface area (Å²) in [5.41, 5.74) is 0. The number of methoxy groups -OCH3 is 1. The van der Waals surface area contributed by atoms with Crippen molar-refractivity contribution in [3.8, 4) is 0 Å². The number of ether oxygens (including phenoxy) is 1. The normalized spacial score (nSPS) is 18.7. The summed E-state index contributed by atoms with van der Waals surface area (Å²) in [6.45, 7) is 4.11. The molecule has 1 saturated heterocycles. The van der Waals surface area contributed by atoms with Gasteiger partial charge in [-0.25, -0.2) is 4.98 Å². The lowest BCUT2D eigenvalue weighted by Gasteiger charge is -2.14. The quantitative estimate of drug-likeness (QED) is 0.831. The zero-order chi connectivity index (χ0) is 15.2. The van der Waals surface area contributed by atoms with Crippen LogP contribution in [0.1, 0.15) is 18.1 Å². The highest BCUT2D eigenvalue weighted by Gasteiger charge is 2.24. The van der Waals surface area contributed by atoms with Crippen molar-refractivity contribution in [2.75, 3.05) is 32.1 Å². The Labute approximate surface area is 129 Å². The summed E-state index contributed by atoms with van der Waals surface area (Å²) in [4.78, 5) is 10.9. The SMILES string of the molecule is COCc1noc(CN2CC[C@H](CNc3ccccn3)C2)n1. The molecule has 0 bridgehead atoms. The summed E-state index contributed by atoms with van der Waals surface area (Å²) in [7, 11) is 1.62. The zero-order valence-corrected chi connectivity index (χ0v) is 12.7. The molecule has 1 N–H and O–H groups in total. The van der Waals surface area contributed by atoms with Gasteiger partial charge in [0.15, 0.2) is 5.82 Å². The van der Waals surface area contributed by atoms with Crippen LogP contribution in [0.5, 0.6) is 0 Å². The largest absolute Gasteiger partial charge is 0.377 e.